The molecule has 172 valence electrons. The van der Waals surface area contributed by atoms with E-state index in [2.05, 4.69) is 0 Å². The average Bonchev–Trinajstić information content (AvgIpc) is 3.19. The number of ether oxygens (including phenoxy) is 3. The number of hydrogen-bond donors (Lipinski definition) is 0. The summed E-state index contributed by atoms with van der Waals surface area (Å²) in [5, 5.41) is 0.461. The van der Waals surface area contributed by atoms with Gasteiger partial charge in [0.2, 0.25) is 0 Å². The Kier molecular flexibility index (Phi) is 5.30. The second-order valence-corrected chi connectivity index (χ2v) is 8.86. The summed E-state index contributed by atoms with van der Waals surface area (Å²) in [6.45, 7) is 1.33. The molecule has 0 aromatic heterocycles. The molecular formula is C27H21ClO6. The van der Waals surface area contributed by atoms with E-state index < -0.39 is 40.8 Å². The number of methoxy groups -OCH3 is 1. The van der Waals surface area contributed by atoms with Crippen LogP contribution in [0.5, 0.6) is 5.75 Å². The topological polar surface area (TPSA) is 78.9 Å². The summed E-state index contributed by atoms with van der Waals surface area (Å²) >= 11 is 6.14. The molecule has 2 aliphatic rings. The number of carbonyl (C=O) groups excluding carboxylic acids is 3. The molecule has 3 aromatic carbocycles. The SMILES string of the molecule is COC(=O)C1(c2ccc(Cl)cc2)OC(c2ccccc2)C2(C(C)=O)C(=O)Oc3ccccc3C12. The van der Waals surface area contributed by atoms with Crippen molar-refractivity contribution in [2.24, 2.45) is 5.41 Å². The molecular weight excluding hydrogens is 456 g/mol. The maximum atomic E-state index is 13.8. The molecule has 0 N–H and O–H groups in total. The highest BCUT2D eigenvalue weighted by Crippen LogP contribution is 2.68. The van der Waals surface area contributed by atoms with Crippen LogP contribution >= 0.6 is 11.6 Å². The third kappa shape index (κ3) is 2.89. The van der Waals surface area contributed by atoms with Crippen LogP contribution in [0.4, 0.5) is 0 Å². The largest absolute Gasteiger partial charge is 0.467 e. The number of fused-ring (bicyclic) bond motifs is 3. The predicted molar refractivity (Wildman–Crippen MR) is 123 cm³/mol. The van der Waals surface area contributed by atoms with Gasteiger partial charge >= 0.3 is 11.9 Å². The lowest BCUT2D eigenvalue weighted by atomic mass is 9.59. The van der Waals surface area contributed by atoms with Gasteiger partial charge in [-0.3, -0.25) is 9.59 Å². The van der Waals surface area contributed by atoms with Gasteiger partial charge in [-0.1, -0.05) is 72.3 Å². The molecule has 5 rings (SSSR count). The fourth-order valence-corrected chi connectivity index (χ4v) is 5.49. The van der Waals surface area contributed by atoms with E-state index in [1.165, 1.54) is 14.0 Å². The minimum atomic E-state index is -1.83. The molecule has 2 aliphatic heterocycles. The summed E-state index contributed by atoms with van der Waals surface area (Å²) in [5.74, 6) is -2.74. The lowest BCUT2D eigenvalue weighted by Gasteiger charge is -2.41. The van der Waals surface area contributed by atoms with E-state index in [1.807, 2.05) is 6.07 Å². The van der Waals surface area contributed by atoms with Crippen molar-refractivity contribution in [3.8, 4) is 5.75 Å². The Morgan fingerprint density at radius 2 is 1.59 bits per heavy atom. The fourth-order valence-electron chi connectivity index (χ4n) is 5.36. The Morgan fingerprint density at radius 3 is 2.24 bits per heavy atom. The molecule has 0 spiro atoms. The van der Waals surface area contributed by atoms with Crippen LogP contribution in [0.3, 0.4) is 0 Å². The predicted octanol–water partition coefficient (Wildman–Crippen LogP) is 4.76. The highest BCUT2D eigenvalue weighted by molar-refractivity contribution is 6.30. The van der Waals surface area contributed by atoms with Crippen molar-refractivity contribution in [3.63, 3.8) is 0 Å². The van der Waals surface area contributed by atoms with Crippen molar-refractivity contribution < 1.29 is 28.6 Å². The number of hydrogen-bond acceptors (Lipinski definition) is 6. The summed E-state index contributed by atoms with van der Waals surface area (Å²) in [4.78, 5) is 41.0. The highest BCUT2D eigenvalue weighted by atomic mass is 35.5. The molecule has 2 heterocycles. The van der Waals surface area contributed by atoms with Gasteiger partial charge in [-0.25, -0.2) is 4.79 Å². The molecule has 1 fully saturated rings. The second-order valence-electron chi connectivity index (χ2n) is 8.43. The lowest BCUT2D eigenvalue weighted by Crippen LogP contribution is -2.53. The van der Waals surface area contributed by atoms with Gasteiger partial charge in [-0.05, 0) is 36.2 Å². The van der Waals surface area contributed by atoms with Gasteiger partial charge in [0, 0.05) is 10.6 Å². The number of rotatable bonds is 4. The van der Waals surface area contributed by atoms with E-state index in [1.54, 1.807) is 72.8 Å². The zero-order chi connectivity index (χ0) is 24.1. The number of para-hydroxylation sites is 1. The van der Waals surface area contributed by atoms with Crippen LogP contribution in [0.1, 0.15) is 35.6 Å². The molecule has 4 unspecified atom stereocenters. The first-order valence-electron chi connectivity index (χ1n) is 10.8. The molecule has 0 saturated carbocycles. The number of halogens is 1. The summed E-state index contributed by atoms with van der Waals surface area (Å²) in [6, 6.07) is 22.3. The number of Topliss-reactive ketones (excluding diaryl/α,β-unsaturated/α-hetero) is 1. The summed E-state index contributed by atoms with van der Waals surface area (Å²) < 4.78 is 17.6. The fraction of sp³-hybridized carbons (Fsp3) is 0.222. The Bertz CT molecular complexity index is 1290. The van der Waals surface area contributed by atoms with Crippen molar-refractivity contribution in [1.29, 1.82) is 0 Å². The van der Waals surface area contributed by atoms with Crippen molar-refractivity contribution in [2.45, 2.75) is 24.5 Å². The van der Waals surface area contributed by atoms with Gasteiger partial charge in [-0.15, -0.1) is 0 Å². The van der Waals surface area contributed by atoms with Gasteiger partial charge in [0.15, 0.2) is 16.8 Å². The first-order valence-corrected chi connectivity index (χ1v) is 11.1. The van der Waals surface area contributed by atoms with Gasteiger partial charge < -0.3 is 14.2 Å². The van der Waals surface area contributed by atoms with E-state index in [4.69, 9.17) is 25.8 Å². The second kappa shape index (κ2) is 8.08. The zero-order valence-electron chi connectivity index (χ0n) is 18.5. The van der Waals surface area contributed by atoms with Crippen LogP contribution in [0.2, 0.25) is 5.02 Å². The maximum absolute atomic E-state index is 13.8. The quantitative estimate of drug-likeness (QED) is 0.307. The van der Waals surface area contributed by atoms with Crippen LogP contribution in [-0.4, -0.2) is 24.8 Å². The lowest BCUT2D eigenvalue weighted by molar-refractivity contribution is -0.172. The number of benzene rings is 3. The molecule has 1 saturated heterocycles. The Labute approximate surface area is 201 Å². The van der Waals surface area contributed by atoms with Crippen molar-refractivity contribution in [3.05, 3.63) is 101 Å². The summed E-state index contributed by atoms with van der Waals surface area (Å²) in [7, 11) is 1.25. The van der Waals surface area contributed by atoms with Crippen LogP contribution in [0.25, 0.3) is 0 Å². The minimum absolute atomic E-state index is 0.272. The molecule has 7 heteroatoms. The van der Waals surface area contributed by atoms with E-state index in [0.717, 1.165) is 0 Å². The van der Waals surface area contributed by atoms with E-state index in [0.29, 0.717) is 21.7 Å². The van der Waals surface area contributed by atoms with Crippen LogP contribution in [0.15, 0.2) is 78.9 Å². The van der Waals surface area contributed by atoms with E-state index in [9.17, 15) is 14.4 Å². The molecule has 3 aromatic rings. The number of esters is 2. The number of carbonyl (C=O) groups is 3. The average molecular weight is 477 g/mol. The number of ketones is 1. The smallest absolute Gasteiger partial charge is 0.343 e. The highest BCUT2D eigenvalue weighted by Gasteiger charge is 2.76. The summed E-state index contributed by atoms with van der Waals surface area (Å²) in [6.07, 6.45) is -1.10. The van der Waals surface area contributed by atoms with Crippen LogP contribution in [0, 0.1) is 5.41 Å². The first-order chi connectivity index (χ1) is 16.4. The maximum Gasteiger partial charge on any atom is 0.343 e. The van der Waals surface area contributed by atoms with E-state index in [-0.39, 0.29) is 5.75 Å². The monoisotopic (exact) mass is 476 g/mol. The van der Waals surface area contributed by atoms with Crippen molar-refractivity contribution in [2.75, 3.05) is 7.11 Å². The molecule has 0 bridgehead atoms. The van der Waals surface area contributed by atoms with Gasteiger partial charge in [0.1, 0.15) is 11.9 Å². The van der Waals surface area contributed by atoms with Crippen LogP contribution < -0.4 is 4.74 Å². The van der Waals surface area contributed by atoms with Crippen LogP contribution in [-0.2, 0) is 29.5 Å². The Morgan fingerprint density at radius 1 is 0.941 bits per heavy atom. The van der Waals surface area contributed by atoms with Crippen molar-refractivity contribution >= 4 is 29.3 Å². The van der Waals surface area contributed by atoms with Gasteiger partial charge in [0.25, 0.3) is 0 Å². The first kappa shape index (κ1) is 22.3. The Hall–Kier alpha value is -3.48. The molecule has 0 aliphatic carbocycles. The van der Waals surface area contributed by atoms with Crippen molar-refractivity contribution in [1.82, 2.24) is 0 Å². The van der Waals surface area contributed by atoms with E-state index >= 15 is 0 Å². The third-order valence-corrected chi connectivity index (χ3v) is 7.05. The molecule has 6 nitrogen and oxygen atoms in total. The zero-order valence-corrected chi connectivity index (χ0v) is 19.2. The van der Waals surface area contributed by atoms with Gasteiger partial charge in [-0.2, -0.15) is 0 Å². The molecule has 34 heavy (non-hydrogen) atoms. The summed E-state index contributed by atoms with van der Waals surface area (Å²) in [5.41, 5.74) is -2.15. The third-order valence-electron chi connectivity index (χ3n) is 6.80. The normalized spacial score (nSPS) is 27.3. The molecule has 0 amide bonds. The Balaban J connectivity index is 1.91. The molecule has 4 atom stereocenters. The molecule has 0 radical (unpaired) electrons. The van der Waals surface area contributed by atoms with Gasteiger partial charge in [0.05, 0.1) is 13.0 Å². The minimum Gasteiger partial charge on any atom is -0.467 e. The standard InChI is InChI=1S/C27H21ClO6/c1-16(29)26-22(20-10-6-7-11-21(20)33-24(26)30)27(25(31)32-2,18-12-14-19(28)15-13-18)34-23(26)17-8-4-3-5-9-17/h3-15,22-23H,1-2H3.